The third-order valence-corrected chi connectivity index (χ3v) is 4.27. The highest BCUT2D eigenvalue weighted by Crippen LogP contribution is 2.32. The van der Waals surface area contributed by atoms with E-state index in [2.05, 4.69) is 12.2 Å². The van der Waals surface area contributed by atoms with Crippen molar-refractivity contribution in [2.45, 2.75) is 39.2 Å². The molecule has 1 fully saturated rings. The van der Waals surface area contributed by atoms with Gasteiger partial charge in [-0.05, 0) is 25.5 Å². The number of carboxylic acids is 1. The van der Waals surface area contributed by atoms with Crippen molar-refractivity contribution in [1.29, 1.82) is 0 Å². The van der Waals surface area contributed by atoms with Crippen molar-refractivity contribution in [3.8, 4) is 0 Å². The summed E-state index contributed by atoms with van der Waals surface area (Å²) in [5.74, 6) is 0.175. The van der Waals surface area contributed by atoms with Crippen molar-refractivity contribution < 1.29 is 14.7 Å². The first-order chi connectivity index (χ1) is 8.06. The number of hydrogen-bond donors (Lipinski definition) is 2. The van der Waals surface area contributed by atoms with Crippen LogP contribution >= 0.6 is 11.8 Å². The quantitative estimate of drug-likeness (QED) is 0.762. The number of carbonyl (C=O) groups excluding carboxylic acids is 1. The zero-order chi connectivity index (χ0) is 12.8. The van der Waals surface area contributed by atoms with Crippen molar-refractivity contribution in [2.24, 2.45) is 11.8 Å². The minimum Gasteiger partial charge on any atom is -0.481 e. The first-order valence-electron chi connectivity index (χ1n) is 6.17. The lowest BCUT2D eigenvalue weighted by Gasteiger charge is -2.19. The summed E-state index contributed by atoms with van der Waals surface area (Å²) in [5, 5.41) is 11.9. The van der Waals surface area contributed by atoms with E-state index >= 15 is 0 Å². The zero-order valence-corrected chi connectivity index (χ0v) is 11.3. The van der Waals surface area contributed by atoms with E-state index in [4.69, 9.17) is 5.11 Å². The summed E-state index contributed by atoms with van der Waals surface area (Å²) in [4.78, 5) is 22.9. The summed E-state index contributed by atoms with van der Waals surface area (Å²) in [6.07, 6.45) is 2.18. The van der Waals surface area contributed by atoms with Gasteiger partial charge in [-0.1, -0.05) is 13.3 Å². The number of nitrogens with one attached hydrogen (secondary N) is 1. The predicted octanol–water partition coefficient (Wildman–Crippen LogP) is 1.75. The van der Waals surface area contributed by atoms with Crippen LogP contribution in [-0.4, -0.2) is 34.5 Å². The molecule has 17 heavy (non-hydrogen) atoms. The molecule has 0 aliphatic heterocycles. The molecule has 0 heterocycles. The Morgan fingerprint density at radius 1 is 1.41 bits per heavy atom. The molecule has 1 aliphatic carbocycles. The molecule has 0 bridgehead atoms. The molecular weight excluding hydrogens is 238 g/mol. The Balaban J connectivity index is 2.43. The third kappa shape index (κ3) is 4.22. The average Bonchev–Trinajstić information content (AvgIpc) is 2.75. The van der Waals surface area contributed by atoms with Crippen LogP contribution in [0.25, 0.3) is 0 Å². The second-order valence-corrected chi connectivity index (χ2v) is 5.87. The van der Waals surface area contributed by atoms with Gasteiger partial charge in [-0.2, -0.15) is 11.8 Å². The average molecular weight is 259 g/mol. The Labute approximate surface area is 107 Å². The Kier molecular flexibility index (Phi) is 5.82. The highest BCUT2D eigenvalue weighted by molar-refractivity contribution is 7.99. The van der Waals surface area contributed by atoms with E-state index in [9.17, 15) is 9.59 Å². The minimum absolute atomic E-state index is 0.0842. The molecule has 3 unspecified atom stereocenters. The summed E-state index contributed by atoms with van der Waals surface area (Å²) < 4.78 is 0. The molecule has 5 heteroatoms. The number of aliphatic carboxylic acids is 1. The Bertz CT molecular complexity index is 283. The zero-order valence-electron chi connectivity index (χ0n) is 10.4. The second-order valence-electron chi connectivity index (χ2n) is 4.55. The van der Waals surface area contributed by atoms with Crippen LogP contribution in [0, 0.1) is 11.8 Å². The number of thioether (sulfide) groups is 1. The van der Waals surface area contributed by atoms with Gasteiger partial charge in [0.15, 0.2) is 0 Å². The van der Waals surface area contributed by atoms with Crippen molar-refractivity contribution in [3.05, 3.63) is 0 Å². The molecule has 0 aromatic heterocycles. The van der Waals surface area contributed by atoms with Gasteiger partial charge in [0.1, 0.15) is 0 Å². The molecule has 1 aliphatic rings. The van der Waals surface area contributed by atoms with Crippen LogP contribution in [0.5, 0.6) is 0 Å². The maximum absolute atomic E-state index is 12.0. The molecule has 0 saturated heterocycles. The molecule has 0 spiro atoms. The van der Waals surface area contributed by atoms with Gasteiger partial charge in [-0.25, -0.2) is 0 Å². The smallest absolute Gasteiger partial charge is 0.307 e. The van der Waals surface area contributed by atoms with Crippen LogP contribution in [-0.2, 0) is 9.59 Å². The van der Waals surface area contributed by atoms with E-state index in [1.165, 1.54) is 0 Å². The van der Waals surface area contributed by atoms with E-state index in [0.29, 0.717) is 12.8 Å². The lowest BCUT2D eigenvalue weighted by Crippen LogP contribution is -2.41. The molecule has 3 atom stereocenters. The lowest BCUT2D eigenvalue weighted by atomic mass is 9.95. The Morgan fingerprint density at radius 2 is 2.06 bits per heavy atom. The number of carbonyl (C=O) groups is 2. The highest BCUT2D eigenvalue weighted by atomic mass is 32.2. The van der Waals surface area contributed by atoms with E-state index in [-0.39, 0.29) is 17.9 Å². The topological polar surface area (TPSA) is 66.4 Å². The molecular formula is C12H21NO3S. The fourth-order valence-corrected chi connectivity index (χ4v) is 2.93. The first kappa shape index (κ1) is 14.4. The molecule has 4 nitrogen and oxygen atoms in total. The van der Waals surface area contributed by atoms with Gasteiger partial charge < -0.3 is 10.4 Å². The van der Waals surface area contributed by atoms with Crippen molar-refractivity contribution in [2.75, 3.05) is 11.5 Å². The Morgan fingerprint density at radius 3 is 2.65 bits per heavy atom. The summed E-state index contributed by atoms with van der Waals surface area (Å²) in [7, 11) is 0. The van der Waals surface area contributed by atoms with Gasteiger partial charge >= 0.3 is 5.97 Å². The number of amides is 1. The molecule has 0 radical (unpaired) electrons. The highest BCUT2D eigenvalue weighted by Gasteiger charge is 2.37. The van der Waals surface area contributed by atoms with E-state index < -0.39 is 11.9 Å². The third-order valence-electron chi connectivity index (χ3n) is 3.13. The van der Waals surface area contributed by atoms with Gasteiger partial charge in [0, 0.05) is 11.8 Å². The van der Waals surface area contributed by atoms with Crippen LogP contribution < -0.4 is 5.32 Å². The second kappa shape index (κ2) is 6.89. The Hall–Kier alpha value is -0.710. The SMILES string of the molecule is CCSCC(C)NC(=O)C1CCCC1C(=O)O. The van der Waals surface area contributed by atoms with Gasteiger partial charge in [0.05, 0.1) is 11.8 Å². The van der Waals surface area contributed by atoms with E-state index in [0.717, 1.165) is 17.9 Å². The molecule has 0 aromatic rings. The number of hydrogen-bond acceptors (Lipinski definition) is 3. The fourth-order valence-electron chi connectivity index (χ4n) is 2.26. The predicted molar refractivity (Wildman–Crippen MR) is 69.1 cm³/mol. The summed E-state index contributed by atoms with van der Waals surface area (Å²) in [6.45, 7) is 4.04. The summed E-state index contributed by atoms with van der Waals surface area (Å²) >= 11 is 1.78. The number of carboxylic acid groups (broad SMARTS) is 1. The van der Waals surface area contributed by atoms with Crippen molar-refractivity contribution in [3.63, 3.8) is 0 Å². The summed E-state index contributed by atoms with van der Waals surface area (Å²) in [5.41, 5.74) is 0. The largest absolute Gasteiger partial charge is 0.481 e. The monoisotopic (exact) mass is 259 g/mol. The molecule has 98 valence electrons. The van der Waals surface area contributed by atoms with E-state index in [1.807, 2.05) is 6.92 Å². The van der Waals surface area contributed by atoms with Crippen molar-refractivity contribution >= 4 is 23.6 Å². The van der Waals surface area contributed by atoms with Crippen LogP contribution in [0.4, 0.5) is 0 Å². The van der Waals surface area contributed by atoms with Crippen LogP contribution in [0.1, 0.15) is 33.1 Å². The van der Waals surface area contributed by atoms with Crippen LogP contribution in [0.2, 0.25) is 0 Å². The standard InChI is InChI=1S/C12H21NO3S/c1-3-17-7-8(2)13-11(14)9-5-4-6-10(9)12(15)16/h8-10H,3-7H2,1-2H3,(H,13,14)(H,15,16). The molecule has 2 N–H and O–H groups in total. The van der Waals surface area contributed by atoms with Gasteiger partial charge in [-0.3, -0.25) is 9.59 Å². The van der Waals surface area contributed by atoms with E-state index in [1.54, 1.807) is 11.8 Å². The lowest BCUT2D eigenvalue weighted by molar-refractivity contribution is -0.146. The molecule has 1 rings (SSSR count). The minimum atomic E-state index is -0.835. The van der Waals surface area contributed by atoms with Gasteiger partial charge in [-0.15, -0.1) is 0 Å². The fraction of sp³-hybridized carbons (Fsp3) is 0.833. The van der Waals surface area contributed by atoms with Crippen molar-refractivity contribution in [1.82, 2.24) is 5.32 Å². The maximum Gasteiger partial charge on any atom is 0.307 e. The van der Waals surface area contributed by atoms with Gasteiger partial charge in [0.2, 0.25) is 5.91 Å². The molecule has 1 amide bonds. The maximum atomic E-state index is 12.0. The molecule has 1 saturated carbocycles. The van der Waals surface area contributed by atoms with Crippen LogP contribution in [0.15, 0.2) is 0 Å². The molecule has 0 aromatic carbocycles. The normalized spacial score (nSPS) is 25.5. The first-order valence-corrected chi connectivity index (χ1v) is 7.32. The summed E-state index contributed by atoms with van der Waals surface area (Å²) in [6, 6.07) is 0.113. The van der Waals surface area contributed by atoms with Gasteiger partial charge in [0.25, 0.3) is 0 Å². The number of rotatable bonds is 6. The van der Waals surface area contributed by atoms with Crippen LogP contribution in [0.3, 0.4) is 0 Å².